The molecule has 9 heteroatoms. The summed E-state index contributed by atoms with van der Waals surface area (Å²) in [5.74, 6) is 1.81. The molecule has 1 saturated carbocycles. The van der Waals surface area contributed by atoms with Crippen LogP contribution < -0.4 is 5.32 Å². The SMILES string of the molecule is CCn1c(SCC(=O)Nc2cc(Cl)c(Cl)cc2Cl)nnc1C1CC1c1ccc(C)cc1. The lowest BCUT2D eigenvalue weighted by Crippen LogP contribution is -2.15. The Morgan fingerprint density at radius 3 is 2.52 bits per heavy atom. The second-order valence-corrected chi connectivity index (χ2v) is 9.69. The molecule has 0 radical (unpaired) electrons. The van der Waals surface area contributed by atoms with E-state index in [1.807, 2.05) is 0 Å². The summed E-state index contributed by atoms with van der Waals surface area (Å²) < 4.78 is 2.10. The van der Waals surface area contributed by atoms with E-state index in [1.165, 1.54) is 29.0 Å². The molecule has 2 unspecified atom stereocenters. The average Bonchev–Trinajstić information content (AvgIpc) is 3.42. The van der Waals surface area contributed by atoms with E-state index in [0.29, 0.717) is 32.6 Å². The Bertz CT molecular complexity index is 1120. The Labute approximate surface area is 200 Å². The van der Waals surface area contributed by atoms with Crippen molar-refractivity contribution >= 4 is 58.2 Å². The minimum atomic E-state index is -0.207. The highest BCUT2D eigenvalue weighted by Gasteiger charge is 2.43. The average molecular weight is 496 g/mol. The molecule has 2 aromatic carbocycles. The van der Waals surface area contributed by atoms with Crippen molar-refractivity contribution in [2.75, 3.05) is 11.1 Å². The Hall–Kier alpha value is -1.73. The van der Waals surface area contributed by atoms with Crippen molar-refractivity contribution in [2.45, 2.75) is 43.8 Å². The summed E-state index contributed by atoms with van der Waals surface area (Å²) >= 11 is 19.4. The second kappa shape index (κ2) is 9.41. The minimum absolute atomic E-state index is 0.181. The lowest BCUT2D eigenvalue weighted by molar-refractivity contribution is -0.113. The van der Waals surface area contributed by atoms with Gasteiger partial charge in [0.25, 0.3) is 0 Å². The van der Waals surface area contributed by atoms with E-state index < -0.39 is 0 Å². The van der Waals surface area contributed by atoms with Crippen LogP contribution in [-0.2, 0) is 11.3 Å². The molecule has 5 nitrogen and oxygen atoms in total. The van der Waals surface area contributed by atoms with Crippen molar-refractivity contribution in [3.8, 4) is 0 Å². The summed E-state index contributed by atoms with van der Waals surface area (Å²) in [6.45, 7) is 4.91. The molecule has 0 saturated heterocycles. The number of hydrogen-bond acceptors (Lipinski definition) is 4. The topological polar surface area (TPSA) is 59.8 Å². The summed E-state index contributed by atoms with van der Waals surface area (Å²) in [7, 11) is 0. The quantitative estimate of drug-likeness (QED) is 0.297. The van der Waals surface area contributed by atoms with Gasteiger partial charge in [-0.25, -0.2) is 0 Å². The maximum absolute atomic E-state index is 12.4. The van der Waals surface area contributed by atoms with Crippen molar-refractivity contribution in [2.24, 2.45) is 0 Å². The number of thioether (sulfide) groups is 1. The molecule has 2 atom stereocenters. The highest BCUT2D eigenvalue weighted by atomic mass is 35.5. The van der Waals surface area contributed by atoms with E-state index in [4.69, 9.17) is 34.8 Å². The van der Waals surface area contributed by atoms with E-state index in [2.05, 4.69) is 58.2 Å². The number of anilines is 1. The van der Waals surface area contributed by atoms with Crippen LogP contribution in [0.3, 0.4) is 0 Å². The molecule has 1 N–H and O–H groups in total. The second-order valence-electron chi connectivity index (χ2n) is 7.53. The van der Waals surface area contributed by atoms with Crippen LogP contribution in [0.5, 0.6) is 0 Å². The van der Waals surface area contributed by atoms with Crippen molar-refractivity contribution in [1.82, 2.24) is 14.8 Å². The molecule has 0 bridgehead atoms. The molecular formula is C22H21Cl3N4OS. The first-order valence-electron chi connectivity index (χ1n) is 9.94. The molecular weight excluding hydrogens is 475 g/mol. The van der Waals surface area contributed by atoms with Gasteiger partial charge < -0.3 is 9.88 Å². The van der Waals surface area contributed by atoms with Crippen LogP contribution in [0.25, 0.3) is 0 Å². The molecule has 1 fully saturated rings. The number of aromatic nitrogens is 3. The Balaban J connectivity index is 1.40. The number of aryl methyl sites for hydroxylation is 1. The van der Waals surface area contributed by atoms with Crippen LogP contribution in [0.2, 0.25) is 15.1 Å². The molecule has 4 rings (SSSR count). The first-order valence-corrected chi connectivity index (χ1v) is 12.1. The fraction of sp³-hybridized carbons (Fsp3) is 0.318. The zero-order chi connectivity index (χ0) is 22.1. The number of hydrogen-bond donors (Lipinski definition) is 1. The van der Waals surface area contributed by atoms with Gasteiger partial charge in [-0.1, -0.05) is 76.4 Å². The van der Waals surface area contributed by atoms with Gasteiger partial charge in [0.2, 0.25) is 5.91 Å². The fourth-order valence-corrected chi connectivity index (χ4v) is 4.98. The lowest BCUT2D eigenvalue weighted by atomic mass is 10.1. The Kier molecular flexibility index (Phi) is 6.82. The first-order chi connectivity index (χ1) is 14.9. The summed E-state index contributed by atoms with van der Waals surface area (Å²) in [6.07, 6.45) is 1.07. The number of carbonyl (C=O) groups excluding carboxylic acids is 1. The number of halogens is 3. The highest BCUT2D eigenvalue weighted by molar-refractivity contribution is 7.99. The molecule has 1 heterocycles. The van der Waals surface area contributed by atoms with Crippen LogP contribution in [0.4, 0.5) is 5.69 Å². The van der Waals surface area contributed by atoms with Crippen LogP contribution in [0.15, 0.2) is 41.6 Å². The monoisotopic (exact) mass is 494 g/mol. The molecule has 1 aromatic heterocycles. The summed E-state index contributed by atoms with van der Waals surface area (Å²) in [5.41, 5.74) is 3.03. The molecule has 162 valence electrons. The van der Waals surface area contributed by atoms with Crippen LogP contribution in [0, 0.1) is 6.92 Å². The van der Waals surface area contributed by atoms with Crippen LogP contribution in [-0.4, -0.2) is 26.4 Å². The van der Waals surface area contributed by atoms with Gasteiger partial charge in [-0.15, -0.1) is 10.2 Å². The molecule has 3 aromatic rings. The predicted molar refractivity (Wildman–Crippen MR) is 128 cm³/mol. The van der Waals surface area contributed by atoms with Crippen molar-refractivity contribution in [1.29, 1.82) is 0 Å². The van der Waals surface area contributed by atoms with Crippen molar-refractivity contribution < 1.29 is 4.79 Å². The third-order valence-corrected chi connectivity index (χ3v) is 7.31. The number of nitrogens with one attached hydrogen (secondary N) is 1. The summed E-state index contributed by atoms with van der Waals surface area (Å²) in [5, 5.41) is 13.3. The maximum atomic E-state index is 12.4. The van der Waals surface area contributed by atoms with Gasteiger partial charge in [-0.2, -0.15) is 0 Å². The van der Waals surface area contributed by atoms with Gasteiger partial charge in [0, 0.05) is 12.5 Å². The van der Waals surface area contributed by atoms with E-state index in [1.54, 1.807) is 6.07 Å². The van der Waals surface area contributed by atoms with E-state index in [9.17, 15) is 4.79 Å². The van der Waals surface area contributed by atoms with Crippen molar-refractivity contribution in [3.05, 3.63) is 68.4 Å². The van der Waals surface area contributed by atoms with Gasteiger partial charge in [-0.05, 0) is 43.9 Å². The third-order valence-electron chi connectivity index (χ3n) is 5.31. The Morgan fingerprint density at radius 1 is 1.10 bits per heavy atom. The third kappa shape index (κ3) is 5.03. The molecule has 0 aliphatic heterocycles. The van der Waals surface area contributed by atoms with E-state index in [-0.39, 0.29) is 11.7 Å². The van der Waals surface area contributed by atoms with Gasteiger partial charge in [-0.3, -0.25) is 4.79 Å². The Morgan fingerprint density at radius 2 is 1.81 bits per heavy atom. The predicted octanol–water partition coefficient (Wildman–Crippen LogP) is 6.57. The highest BCUT2D eigenvalue weighted by Crippen LogP contribution is 2.54. The van der Waals surface area contributed by atoms with Gasteiger partial charge in [0.05, 0.1) is 26.5 Å². The van der Waals surface area contributed by atoms with Gasteiger partial charge in [0.15, 0.2) is 5.16 Å². The summed E-state index contributed by atoms with van der Waals surface area (Å²) in [6, 6.07) is 11.7. The minimum Gasteiger partial charge on any atom is -0.324 e. The fourth-order valence-electron chi connectivity index (χ4n) is 3.58. The zero-order valence-electron chi connectivity index (χ0n) is 17.0. The molecule has 1 aliphatic carbocycles. The first kappa shape index (κ1) is 22.5. The zero-order valence-corrected chi connectivity index (χ0v) is 20.1. The molecule has 31 heavy (non-hydrogen) atoms. The lowest BCUT2D eigenvalue weighted by Gasteiger charge is -2.09. The number of benzene rings is 2. The van der Waals surface area contributed by atoms with Crippen molar-refractivity contribution in [3.63, 3.8) is 0 Å². The normalized spacial score (nSPS) is 17.6. The van der Waals surface area contributed by atoms with E-state index >= 15 is 0 Å². The number of amides is 1. The standard InChI is InChI=1S/C22H21Cl3N4OS/c1-3-29-21(15-8-14(15)13-6-4-12(2)5-7-13)27-28-22(29)31-11-20(30)26-19-10-17(24)16(23)9-18(19)25/h4-7,9-10,14-15H,3,8,11H2,1-2H3,(H,26,30). The number of rotatable bonds is 7. The van der Waals surface area contributed by atoms with Gasteiger partial charge >= 0.3 is 0 Å². The molecule has 1 amide bonds. The largest absolute Gasteiger partial charge is 0.324 e. The van der Waals surface area contributed by atoms with Crippen LogP contribution in [0.1, 0.15) is 42.1 Å². The van der Waals surface area contributed by atoms with E-state index in [0.717, 1.165) is 23.9 Å². The van der Waals surface area contributed by atoms with Gasteiger partial charge in [0.1, 0.15) is 5.82 Å². The number of nitrogens with zero attached hydrogens (tertiary/aromatic N) is 3. The smallest absolute Gasteiger partial charge is 0.234 e. The molecule has 0 spiro atoms. The number of carbonyl (C=O) groups is 1. The maximum Gasteiger partial charge on any atom is 0.234 e. The van der Waals surface area contributed by atoms with Crippen LogP contribution >= 0.6 is 46.6 Å². The molecule has 1 aliphatic rings. The summed E-state index contributed by atoms with van der Waals surface area (Å²) in [4.78, 5) is 12.4.